The Morgan fingerprint density at radius 3 is 2.71 bits per heavy atom. The number of halogens is 1. The van der Waals surface area contributed by atoms with Crippen molar-refractivity contribution in [2.24, 2.45) is 5.73 Å². The molecule has 2 atom stereocenters. The Labute approximate surface area is 123 Å². The summed E-state index contributed by atoms with van der Waals surface area (Å²) in [6.07, 6.45) is 1.48. The number of hydrogen-bond acceptors (Lipinski definition) is 3. The maximum Gasteiger partial charge on any atom is 0.126 e. The fourth-order valence-electron chi connectivity index (χ4n) is 2.66. The molecule has 1 aromatic heterocycles. The van der Waals surface area contributed by atoms with Gasteiger partial charge < -0.3 is 15.0 Å². The van der Waals surface area contributed by atoms with Crippen LogP contribution in [-0.4, -0.2) is 21.8 Å². The zero-order chi connectivity index (χ0) is 15.0. The van der Waals surface area contributed by atoms with Crippen molar-refractivity contribution in [1.82, 2.24) is 9.55 Å². The van der Waals surface area contributed by atoms with Gasteiger partial charge in [-0.3, -0.25) is 0 Å². The maximum absolute atomic E-state index is 13.6. The van der Waals surface area contributed by atoms with Crippen molar-refractivity contribution in [3.05, 3.63) is 36.3 Å². The topological polar surface area (TPSA) is 53.1 Å². The number of ether oxygens (including phenoxy) is 1. The van der Waals surface area contributed by atoms with Crippen LogP contribution < -0.4 is 10.5 Å². The number of rotatable bonds is 3. The molecule has 2 unspecified atom stereocenters. The van der Waals surface area contributed by atoms with Gasteiger partial charge in [0.1, 0.15) is 17.7 Å². The summed E-state index contributed by atoms with van der Waals surface area (Å²) in [6.45, 7) is 4.32. The van der Waals surface area contributed by atoms with Gasteiger partial charge in [0.15, 0.2) is 0 Å². The van der Waals surface area contributed by atoms with E-state index in [1.54, 1.807) is 0 Å². The third kappa shape index (κ3) is 2.93. The van der Waals surface area contributed by atoms with Crippen molar-refractivity contribution in [2.75, 3.05) is 0 Å². The molecular formula is C16H20FN3O. The van der Waals surface area contributed by atoms with Gasteiger partial charge in [-0.15, -0.1) is 0 Å². The van der Waals surface area contributed by atoms with E-state index in [1.165, 1.54) is 0 Å². The van der Waals surface area contributed by atoms with Crippen LogP contribution in [0.4, 0.5) is 4.39 Å². The zero-order valence-electron chi connectivity index (χ0n) is 12.3. The van der Waals surface area contributed by atoms with E-state index in [1.807, 2.05) is 48.9 Å². The maximum atomic E-state index is 13.6. The molecule has 1 aliphatic rings. The number of hydrogen-bond donors (Lipinski definition) is 1. The van der Waals surface area contributed by atoms with Crippen LogP contribution in [0.3, 0.4) is 0 Å². The number of nitrogens with two attached hydrogens (primary N) is 1. The van der Waals surface area contributed by atoms with Gasteiger partial charge in [0.2, 0.25) is 0 Å². The Hall–Kier alpha value is -1.88. The molecule has 2 N–H and O–H groups in total. The van der Waals surface area contributed by atoms with Gasteiger partial charge in [-0.2, -0.15) is 0 Å². The second kappa shape index (κ2) is 5.48. The second-order valence-electron chi connectivity index (χ2n) is 5.77. The Balaban J connectivity index is 1.86. The lowest BCUT2D eigenvalue weighted by molar-refractivity contribution is 0.230. The molecule has 21 heavy (non-hydrogen) atoms. The fourth-order valence-corrected chi connectivity index (χ4v) is 2.66. The number of alkyl halides is 1. The van der Waals surface area contributed by atoms with Crippen LogP contribution in [0.25, 0.3) is 11.3 Å². The summed E-state index contributed by atoms with van der Waals surface area (Å²) in [5, 5.41) is 0. The van der Waals surface area contributed by atoms with Gasteiger partial charge in [-0.05, 0) is 38.1 Å². The van der Waals surface area contributed by atoms with Gasteiger partial charge in [-0.1, -0.05) is 0 Å². The molecule has 4 nitrogen and oxygen atoms in total. The van der Waals surface area contributed by atoms with E-state index in [9.17, 15) is 4.39 Å². The minimum Gasteiger partial charge on any atom is -0.491 e. The van der Waals surface area contributed by atoms with Crippen molar-refractivity contribution < 1.29 is 9.13 Å². The summed E-state index contributed by atoms with van der Waals surface area (Å²) in [5.41, 5.74) is 7.77. The van der Waals surface area contributed by atoms with Crippen molar-refractivity contribution in [3.8, 4) is 17.0 Å². The third-order valence-corrected chi connectivity index (χ3v) is 3.57. The number of benzene rings is 1. The molecule has 0 aliphatic carbocycles. The number of fused-ring (bicyclic) bond motifs is 1. The molecule has 0 radical (unpaired) electrons. The quantitative estimate of drug-likeness (QED) is 0.944. The van der Waals surface area contributed by atoms with Crippen molar-refractivity contribution in [1.29, 1.82) is 0 Å². The Kier molecular flexibility index (Phi) is 3.68. The highest BCUT2D eigenvalue weighted by Gasteiger charge is 2.26. The molecule has 1 aromatic carbocycles. The minimum atomic E-state index is -0.892. The SMILES string of the molecule is CC(C)Oc1ccc(-c2cn3c(n2)C(N)CC(F)C3)cc1. The first-order valence-electron chi connectivity index (χ1n) is 7.26. The molecule has 0 saturated carbocycles. The van der Waals surface area contributed by atoms with Crippen LogP contribution in [0.15, 0.2) is 30.5 Å². The standard InChI is InChI=1S/C16H20FN3O/c1-10(2)21-13-5-3-11(4-6-13)15-9-20-8-12(17)7-14(18)16(20)19-15/h3-6,9-10,12,14H,7-8,18H2,1-2H3. The predicted octanol–water partition coefficient (Wildman–Crippen LogP) is 3.08. The molecule has 112 valence electrons. The summed E-state index contributed by atoms with van der Waals surface area (Å²) in [7, 11) is 0. The lowest BCUT2D eigenvalue weighted by Gasteiger charge is -2.22. The highest BCUT2D eigenvalue weighted by atomic mass is 19.1. The lowest BCUT2D eigenvalue weighted by atomic mass is 10.1. The van der Waals surface area contributed by atoms with Crippen LogP contribution in [0.1, 0.15) is 32.1 Å². The smallest absolute Gasteiger partial charge is 0.126 e. The van der Waals surface area contributed by atoms with Crippen LogP contribution in [0, 0.1) is 0 Å². The van der Waals surface area contributed by atoms with Gasteiger partial charge in [0, 0.05) is 18.2 Å². The zero-order valence-corrected chi connectivity index (χ0v) is 12.3. The van der Waals surface area contributed by atoms with Crippen LogP contribution in [0.5, 0.6) is 5.75 Å². The molecule has 2 aromatic rings. The first kappa shape index (κ1) is 14.1. The fraction of sp³-hybridized carbons (Fsp3) is 0.438. The van der Waals surface area contributed by atoms with E-state index in [2.05, 4.69) is 4.98 Å². The summed E-state index contributed by atoms with van der Waals surface area (Å²) in [5.74, 6) is 1.60. The Bertz CT molecular complexity index is 621. The van der Waals surface area contributed by atoms with Crippen molar-refractivity contribution in [3.63, 3.8) is 0 Å². The number of nitrogens with zero attached hydrogens (tertiary/aromatic N) is 2. The number of imidazole rings is 1. The summed E-state index contributed by atoms with van der Waals surface area (Å²) >= 11 is 0. The molecule has 5 heteroatoms. The first-order valence-corrected chi connectivity index (χ1v) is 7.26. The van der Waals surface area contributed by atoms with E-state index in [0.717, 1.165) is 22.8 Å². The molecule has 0 fully saturated rings. The first-order chi connectivity index (χ1) is 10.0. The monoisotopic (exact) mass is 289 g/mol. The van der Waals surface area contributed by atoms with Crippen LogP contribution in [-0.2, 0) is 6.54 Å². The predicted molar refractivity (Wildman–Crippen MR) is 79.9 cm³/mol. The lowest BCUT2D eigenvalue weighted by Crippen LogP contribution is -2.29. The number of aromatic nitrogens is 2. The van der Waals surface area contributed by atoms with Gasteiger partial charge >= 0.3 is 0 Å². The van der Waals surface area contributed by atoms with E-state index in [0.29, 0.717) is 13.0 Å². The van der Waals surface area contributed by atoms with Crippen molar-refractivity contribution in [2.45, 2.75) is 45.1 Å². The van der Waals surface area contributed by atoms with E-state index in [4.69, 9.17) is 10.5 Å². The molecule has 0 amide bonds. The molecule has 0 spiro atoms. The minimum absolute atomic E-state index is 0.148. The highest BCUT2D eigenvalue weighted by Crippen LogP contribution is 2.29. The molecule has 0 saturated heterocycles. The molecule has 0 bridgehead atoms. The molecule has 3 rings (SSSR count). The summed E-state index contributed by atoms with van der Waals surface area (Å²) < 4.78 is 21.0. The van der Waals surface area contributed by atoms with E-state index >= 15 is 0 Å². The second-order valence-corrected chi connectivity index (χ2v) is 5.77. The van der Waals surface area contributed by atoms with Gasteiger partial charge in [-0.25, -0.2) is 9.37 Å². The van der Waals surface area contributed by atoms with E-state index < -0.39 is 6.17 Å². The normalized spacial score (nSPS) is 21.4. The Morgan fingerprint density at radius 2 is 2.05 bits per heavy atom. The summed E-state index contributed by atoms with van der Waals surface area (Å²) in [6, 6.07) is 7.44. The third-order valence-electron chi connectivity index (χ3n) is 3.57. The van der Waals surface area contributed by atoms with Crippen LogP contribution in [0.2, 0.25) is 0 Å². The average Bonchev–Trinajstić information content (AvgIpc) is 2.83. The largest absolute Gasteiger partial charge is 0.491 e. The molecule has 1 aliphatic heterocycles. The Morgan fingerprint density at radius 1 is 1.33 bits per heavy atom. The van der Waals surface area contributed by atoms with E-state index in [-0.39, 0.29) is 12.1 Å². The molecule has 2 heterocycles. The van der Waals surface area contributed by atoms with Crippen molar-refractivity contribution >= 4 is 0 Å². The van der Waals surface area contributed by atoms with Gasteiger partial charge in [0.25, 0.3) is 0 Å². The van der Waals surface area contributed by atoms with Gasteiger partial charge in [0.05, 0.1) is 24.4 Å². The average molecular weight is 289 g/mol. The highest BCUT2D eigenvalue weighted by molar-refractivity contribution is 5.60. The van der Waals surface area contributed by atoms with Crippen LogP contribution >= 0.6 is 0 Å². The molecular weight excluding hydrogens is 269 g/mol. The summed E-state index contributed by atoms with van der Waals surface area (Å²) in [4.78, 5) is 4.56.